The van der Waals surface area contributed by atoms with Crippen molar-refractivity contribution in [1.82, 2.24) is 5.32 Å². The maximum atomic E-state index is 11.5. The van der Waals surface area contributed by atoms with Crippen molar-refractivity contribution < 1.29 is 13.9 Å². The van der Waals surface area contributed by atoms with E-state index in [4.69, 9.17) is 14.9 Å². The fraction of sp³-hybridized carbons (Fsp3) is 0.214. The predicted molar refractivity (Wildman–Crippen MR) is 70.4 cm³/mol. The molecule has 2 aromatic rings. The number of rotatable bonds is 6. The molecule has 0 aliphatic heterocycles. The van der Waals surface area contributed by atoms with Gasteiger partial charge in [0.05, 0.1) is 12.5 Å². The summed E-state index contributed by atoms with van der Waals surface area (Å²) in [6.45, 7) is 0.913. The minimum Gasteiger partial charge on any atom is -0.484 e. The van der Waals surface area contributed by atoms with Crippen LogP contribution in [-0.4, -0.2) is 12.5 Å². The average Bonchev–Trinajstić information content (AvgIpc) is 2.96. The highest BCUT2D eigenvalue weighted by Crippen LogP contribution is 2.11. The second-order valence-corrected chi connectivity index (χ2v) is 4.05. The van der Waals surface area contributed by atoms with Gasteiger partial charge in [-0.25, -0.2) is 0 Å². The van der Waals surface area contributed by atoms with Gasteiger partial charge in [0.25, 0.3) is 5.91 Å². The van der Waals surface area contributed by atoms with Crippen LogP contribution in [0.2, 0.25) is 0 Å². The van der Waals surface area contributed by atoms with E-state index in [0.717, 1.165) is 11.1 Å². The zero-order chi connectivity index (χ0) is 13.5. The van der Waals surface area contributed by atoms with E-state index in [-0.39, 0.29) is 12.5 Å². The molecule has 0 atom stereocenters. The van der Waals surface area contributed by atoms with E-state index < -0.39 is 0 Å². The molecule has 0 saturated heterocycles. The van der Waals surface area contributed by atoms with Gasteiger partial charge in [0, 0.05) is 18.7 Å². The van der Waals surface area contributed by atoms with Gasteiger partial charge in [0.2, 0.25) is 0 Å². The molecule has 0 bridgehead atoms. The summed E-state index contributed by atoms with van der Waals surface area (Å²) in [6, 6.07) is 9.14. The first-order valence-corrected chi connectivity index (χ1v) is 5.97. The van der Waals surface area contributed by atoms with Gasteiger partial charge >= 0.3 is 0 Å². The minimum absolute atomic E-state index is 0.0141. The van der Waals surface area contributed by atoms with E-state index >= 15 is 0 Å². The molecule has 1 aromatic heterocycles. The molecule has 5 heteroatoms. The van der Waals surface area contributed by atoms with Crippen molar-refractivity contribution in [2.24, 2.45) is 5.73 Å². The summed E-state index contributed by atoms with van der Waals surface area (Å²) >= 11 is 0. The van der Waals surface area contributed by atoms with Crippen molar-refractivity contribution in [1.29, 1.82) is 0 Å². The average molecular weight is 260 g/mol. The number of benzene rings is 1. The van der Waals surface area contributed by atoms with E-state index in [1.165, 1.54) is 0 Å². The number of carbonyl (C=O) groups is 1. The second kappa shape index (κ2) is 6.61. The third-order valence-corrected chi connectivity index (χ3v) is 2.60. The van der Waals surface area contributed by atoms with Crippen LogP contribution in [0.3, 0.4) is 0 Å². The topological polar surface area (TPSA) is 77.5 Å². The Bertz CT molecular complexity index is 506. The third-order valence-electron chi connectivity index (χ3n) is 2.60. The molecule has 3 N–H and O–H groups in total. The second-order valence-electron chi connectivity index (χ2n) is 4.05. The summed E-state index contributed by atoms with van der Waals surface area (Å²) in [4.78, 5) is 11.5. The Morgan fingerprint density at radius 3 is 2.63 bits per heavy atom. The van der Waals surface area contributed by atoms with Crippen LogP contribution in [0.25, 0.3) is 0 Å². The number of nitrogens with two attached hydrogens (primary N) is 1. The van der Waals surface area contributed by atoms with Crippen molar-refractivity contribution in [3.05, 3.63) is 54.0 Å². The Morgan fingerprint density at radius 2 is 2.00 bits per heavy atom. The lowest BCUT2D eigenvalue weighted by atomic mass is 10.2. The first-order valence-electron chi connectivity index (χ1n) is 5.97. The van der Waals surface area contributed by atoms with Gasteiger partial charge in [-0.2, -0.15) is 0 Å². The van der Waals surface area contributed by atoms with Gasteiger partial charge in [-0.15, -0.1) is 0 Å². The molecule has 0 radical (unpaired) electrons. The Morgan fingerprint density at radius 1 is 1.21 bits per heavy atom. The molecule has 1 amide bonds. The smallest absolute Gasteiger partial charge is 0.258 e. The number of carbonyl (C=O) groups excluding carboxylic acids is 1. The van der Waals surface area contributed by atoms with Crippen LogP contribution >= 0.6 is 0 Å². The van der Waals surface area contributed by atoms with Crippen LogP contribution in [0.5, 0.6) is 5.75 Å². The lowest BCUT2D eigenvalue weighted by Gasteiger charge is -2.07. The number of hydrogen-bond acceptors (Lipinski definition) is 4. The monoisotopic (exact) mass is 260 g/mol. The number of nitrogens with one attached hydrogen (secondary N) is 1. The normalized spacial score (nSPS) is 10.2. The van der Waals surface area contributed by atoms with Crippen molar-refractivity contribution >= 4 is 5.91 Å². The van der Waals surface area contributed by atoms with Crippen LogP contribution in [0, 0.1) is 0 Å². The molecule has 0 fully saturated rings. The van der Waals surface area contributed by atoms with Crippen molar-refractivity contribution in [2.45, 2.75) is 13.1 Å². The Hall–Kier alpha value is -2.27. The van der Waals surface area contributed by atoms with Gasteiger partial charge in [0.15, 0.2) is 6.61 Å². The Balaban J connectivity index is 1.73. The van der Waals surface area contributed by atoms with E-state index in [1.54, 1.807) is 30.7 Å². The SMILES string of the molecule is NCc1ccc(OCC(=O)NCc2ccoc2)cc1. The highest BCUT2D eigenvalue weighted by Gasteiger charge is 2.03. The molecule has 0 spiro atoms. The lowest BCUT2D eigenvalue weighted by Crippen LogP contribution is -2.28. The summed E-state index contributed by atoms with van der Waals surface area (Å²) in [5.41, 5.74) is 7.44. The quantitative estimate of drug-likeness (QED) is 0.823. The van der Waals surface area contributed by atoms with Crippen LogP contribution in [0.1, 0.15) is 11.1 Å². The molecule has 1 heterocycles. The number of hydrogen-bond donors (Lipinski definition) is 2. The molecular weight excluding hydrogens is 244 g/mol. The van der Waals surface area contributed by atoms with Crippen LogP contribution in [0.4, 0.5) is 0 Å². The predicted octanol–water partition coefficient (Wildman–Crippen LogP) is 1.43. The molecule has 0 aliphatic rings. The summed E-state index contributed by atoms with van der Waals surface area (Å²) in [5, 5.41) is 2.73. The van der Waals surface area contributed by atoms with E-state index in [9.17, 15) is 4.79 Å². The summed E-state index contributed by atoms with van der Waals surface area (Å²) in [7, 11) is 0. The molecule has 5 nitrogen and oxygen atoms in total. The maximum absolute atomic E-state index is 11.5. The zero-order valence-corrected chi connectivity index (χ0v) is 10.5. The van der Waals surface area contributed by atoms with Crippen LogP contribution in [0.15, 0.2) is 47.3 Å². The molecule has 2 rings (SSSR count). The molecule has 0 unspecified atom stereocenters. The van der Waals surface area contributed by atoms with E-state index in [1.807, 2.05) is 12.1 Å². The van der Waals surface area contributed by atoms with Crippen molar-refractivity contribution in [3.63, 3.8) is 0 Å². The first-order chi connectivity index (χ1) is 9.28. The van der Waals surface area contributed by atoms with Gasteiger partial charge in [-0.05, 0) is 23.8 Å². The van der Waals surface area contributed by atoms with Gasteiger partial charge in [0.1, 0.15) is 5.75 Å². The maximum Gasteiger partial charge on any atom is 0.258 e. The van der Waals surface area contributed by atoms with Gasteiger partial charge in [-0.3, -0.25) is 4.79 Å². The van der Waals surface area contributed by atoms with Crippen molar-refractivity contribution in [2.75, 3.05) is 6.61 Å². The third kappa shape index (κ3) is 4.15. The van der Waals surface area contributed by atoms with E-state index in [0.29, 0.717) is 18.8 Å². The highest BCUT2D eigenvalue weighted by molar-refractivity contribution is 5.77. The highest BCUT2D eigenvalue weighted by atomic mass is 16.5. The molecule has 0 saturated carbocycles. The summed E-state index contributed by atoms with van der Waals surface area (Å²) < 4.78 is 10.3. The molecule has 100 valence electrons. The van der Waals surface area contributed by atoms with Gasteiger partial charge < -0.3 is 20.2 Å². The number of ether oxygens (including phenoxy) is 1. The first kappa shape index (κ1) is 13.2. The molecule has 1 aromatic carbocycles. The molecular formula is C14H16N2O3. The standard InChI is InChI=1S/C14H16N2O3/c15-7-11-1-3-13(4-2-11)19-10-14(17)16-8-12-5-6-18-9-12/h1-6,9H,7-8,10,15H2,(H,16,17). The number of furan rings is 1. The van der Waals surface area contributed by atoms with E-state index in [2.05, 4.69) is 5.32 Å². The summed E-state index contributed by atoms with van der Waals surface area (Å²) in [5.74, 6) is 0.472. The molecule has 19 heavy (non-hydrogen) atoms. The zero-order valence-electron chi connectivity index (χ0n) is 10.5. The Labute approximate surface area is 111 Å². The minimum atomic E-state index is -0.177. The Kier molecular flexibility index (Phi) is 4.58. The summed E-state index contributed by atoms with van der Waals surface area (Å²) in [6.07, 6.45) is 3.16. The number of amides is 1. The van der Waals surface area contributed by atoms with Gasteiger partial charge in [-0.1, -0.05) is 12.1 Å². The fourth-order valence-corrected chi connectivity index (χ4v) is 1.52. The van der Waals surface area contributed by atoms with Crippen LogP contribution < -0.4 is 15.8 Å². The van der Waals surface area contributed by atoms with Crippen molar-refractivity contribution in [3.8, 4) is 5.75 Å². The van der Waals surface area contributed by atoms with Crippen LogP contribution in [-0.2, 0) is 17.9 Å². The lowest BCUT2D eigenvalue weighted by molar-refractivity contribution is -0.123. The largest absolute Gasteiger partial charge is 0.484 e. The molecule has 0 aliphatic carbocycles. The fourth-order valence-electron chi connectivity index (χ4n) is 1.52.